The lowest BCUT2D eigenvalue weighted by molar-refractivity contribution is 1.38. The largest absolute Gasteiger partial charge is 0.0616 e. The van der Waals surface area contributed by atoms with E-state index in [1.165, 1.54) is 176 Å². The first kappa shape index (κ1) is 39.4. The first-order chi connectivity index (χ1) is 34.4. The molecule has 0 heteroatoms. The van der Waals surface area contributed by atoms with Crippen LogP contribution in [-0.2, 0) is 0 Å². The fraction of sp³-hybridized carbons (Fsp3) is 0.0571. The van der Waals surface area contributed by atoms with Gasteiger partial charge in [0.05, 0.1) is 0 Å². The van der Waals surface area contributed by atoms with Crippen molar-refractivity contribution < 1.29 is 0 Å². The Labute approximate surface area is 407 Å². The molecule has 0 unspecified atom stereocenters. The molecule has 13 aromatic carbocycles. The van der Waals surface area contributed by atoms with Gasteiger partial charge in [-0.2, -0.15) is 0 Å². The molecule has 2 aliphatic carbocycles. The van der Waals surface area contributed by atoms with E-state index in [9.17, 15) is 0 Å². The second-order valence-corrected chi connectivity index (χ2v) is 20.1. The molecule has 0 aromatic heterocycles. The van der Waals surface area contributed by atoms with E-state index in [0.29, 0.717) is 0 Å². The van der Waals surface area contributed by atoms with Crippen molar-refractivity contribution >= 4 is 64.6 Å². The average molecular weight is 887 g/mol. The molecule has 0 heterocycles. The number of hydrogen-bond donors (Lipinski definition) is 0. The molecule has 0 bridgehead atoms. The van der Waals surface area contributed by atoms with E-state index >= 15 is 0 Å². The molecule has 0 N–H and O–H groups in total. The van der Waals surface area contributed by atoms with E-state index in [-0.39, 0.29) is 0 Å². The van der Waals surface area contributed by atoms with Gasteiger partial charge in [0.25, 0.3) is 0 Å². The predicted octanol–water partition coefficient (Wildman–Crippen LogP) is 19.8. The van der Waals surface area contributed by atoms with Crippen LogP contribution in [0.3, 0.4) is 0 Å². The van der Waals surface area contributed by atoms with Crippen molar-refractivity contribution in [2.45, 2.75) is 27.7 Å². The van der Waals surface area contributed by atoms with Crippen LogP contribution < -0.4 is 0 Å². The predicted molar refractivity (Wildman–Crippen MR) is 301 cm³/mol. The monoisotopic (exact) mass is 886 g/mol. The molecule has 326 valence electrons. The van der Waals surface area contributed by atoms with Crippen molar-refractivity contribution in [1.82, 2.24) is 0 Å². The zero-order valence-corrected chi connectivity index (χ0v) is 39.6. The topological polar surface area (TPSA) is 0 Å². The minimum atomic E-state index is 1.25. The van der Waals surface area contributed by atoms with E-state index in [0.717, 1.165) is 0 Å². The van der Waals surface area contributed by atoms with Gasteiger partial charge < -0.3 is 0 Å². The molecular weight excluding hydrogens is 841 g/mol. The van der Waals surface area contributed by atoms with Crippen molar-refractivity contribution in [3.8, 4) is 89.0 Å². The van der Waals surface area contributed by atoms with E-state index < -0.39 is 0 Å². The third-order valence-electron chi connectivity index (χ3n) is 16.1. The Balaban J connectivity index is 1.13. The van der Waals surface area contributed by atoms with Gasteiger partial charge in [-0.05, 0) is 235 Å². The Hall–Kier alpha value is -8.58. The molecular formula is C70H46. The van der Waals surface area contributed by atoms with Crippen LogP contribution in [-0.4, -0.2) is 0 Å². The number of rotatable bonds is 4. The first-order valence-electron chi connectivity index (χ1n) is 24.7. The van der Waals surface area contributed by atoms with E-state index in [1.807, 2.05) is 0 Å². The molecule has 15 rings (SSSR count). The standard InChI is InChI=1S/C70H46/c1-39-26-28-45(41(3)30-39)48-18-7-9-20-50(48)56-33-64-63(65-36-59-54-23-12-16-43-15-11-22-53(69(43)54)58(59)35-61(56)65)34-57(51-21-10-8-19-49(51)46-29-27-40(2)31-42(46)4)62-38-67-60(37-66(62)64)55-25-13-24-52-47-17-6-5-14-44(47)32-68(67)70(52)55/h5-38H,1-4H3. The molecule has 0 spiro atoms. The summed E-state index contributed by atoms with van der Waals surface area (Å²) < 4.78 is 0. The van der Waals surface area contributed by atoms with Crippen LogP contribution in [0, 0.1) is 27.7 Å². The Morgan fingerprint density at radius 3 is 1.09 bits per heavy atom. The molecule has 0 saturated heterocycles. The quantitative estimate of drug-likeness (QED) is 0.155. The van der Waals surface area contributed by atoms with Gasteiger partial charge in [0.1, 0.15) is 0 Å². The van der Waals surface area contributed by atoms with Crippen molar-refractivity contribution in [3.63, 3.8) is 0 Å². The summed E-state index contributed by atoms with van der Waals surface area (Å²) in [5.41, 5.74) is 25.7. The summed E-state index contributed by atoms with van der Waals surface area (Å²) in [5, 5.41) is 15.5. The molecule has 0 amide bonds. The highest BCUT2D eigenvalue weighted by molar-refractivity contribution is 6.31. The van der Waals surface area contributed by atoms with Gasteiger partial charge in [-0.15, -0.1) is 0 Å². The molecule has 13 aromatic rings. The summed E-state index contributed by atoms with van der Waals surface area (Å²) in [6.45, 7) is 8.90. The molecule has 0 radical (unpaired) electrons. The van der Waals surface area contributed by atoms with Gasteiger partial charge in [0.15, 0.2) is 0 Å². The van der Waals surface area contributed by atoms with Crippen molar-refractivity contribution in [2.75, 3.05) is 0 Å². The lowest BCUT2D eigenvalue weighted by atomic mass is 9.82. The average Bonchev–Trinajstić information content (AvgIpc) is 3.87. The maximum atomic E-state index is 2.56. The lowest BCUT2D eigenvalue weighted by Crippen LogP contribution is -1.94. The number of aryl methyl sites for hydroxylation is 4. The van der Waals surface area contributed by atoms with E-state index in [1.54, 1.807) is 0 Å². The molecule has 0 saturated carbocycles. The number of hydrogen-bond acceptors (Lipinski definition) is 0. The summed E-state index contributed by atoms with van der Waals surface area (Å²) in [5.74, 6) is 0. The van der Waals surface area contributed by atoms with Gasteiger partial charge in [-0.25, -0.2) is 0 Å². The lowest BCUT2D eigenvalue weighted by Gasteiger charge is -2.21. The Morgan fingerprint density at radius 1 is 0.186 bits per heavy atom. The summed E-state index contributed by atoms with van der Waals surface area (Å²) in [6.07, 6.45) is 0. The molecule has 0 fully saturated rings. The molecule has 2 aliphatic rings. The number of benzene rings is 13. The zero-order chi connectivity index (χ0) is 46.5. The van der Waals surface area contributed by atoms with Gasteiger partial charge in [0, 0.05) is 0 Å². The Morgan fingerprint density at radius 2 is 0.557 bits per heavy atom. The second kappa shape index (κ2) is 14.5. The zero-order valence-electron chi connectivity index (χ0n) is 39.6. The van der Waals surface area contributed by atoms with Crippen LogP contribution in [0.25, 0.3) is 154 Å². The van der Waals surface area contributed by atoms with Crippen molar-refractivity contribution in [2.24, 2.45) is 0 Å². The van der Waals surface area contributed by atoms with Gasteiger partial charge in [-0.3, -0.25) is 0 Å². The van der Waals surface area contributed by atoms with E-state index in [4.69, 9.17) is 0 Å². The number of fused-ring (bicyclic) bond motifs is 13. The minimum absolute atomic E-state index is 1.25. The molecule has 70 heavy (non-hydrogen) atoms. The smallest absolute Gasteiger partial charge is 0.00199 e. The van der Waals surface area contributed by atoms with E-state index in [2.05, 4.69) is 234 Å². The van der Waals surface area contributed by atoms with Crippen LogP contribution in [0.5, 0.6) is 0 Å². The van der Waals surface area contributed by atoms with Gasteiger partial charge in [0.2, 0.25) is 0 Å². The summed E-state index contributed by atoms with van der Waals surface area (Å²) in [4.78, 5) is 0. The van der Waals surface area contributed by atoms with Gasteiger partial charge >= 0.3 is 0 Å². The SMILES string of the molecule is Cc1ccc(-c2ccccc2-c2cc3c4cc5c(cc4c(-c4ccccc4-c4ccc(C)cc4C)cc3c3cc4c(cc23)-c2cccc3cccc-4c23)-c2cc3ccccc3c3cccc-5c23)c(C)c1. The summed E-state index contributed by atoms with van der Waals surface area (Å²) in [7, 11) is 0. The molecule has 0 nitrogen and oxygen atoms in total. The van der Waals surface area contributed by atoms with Crippen LogP contribution in [0.1, 0.15) is 22.3 Å². The summed E-state index contributed by atoms with van der Waals surface area (Å²) in [6, 6.07) is 79.3. The van der Waals surface area contributed by atoms with Gasteiger partial charge in [-0.1, -0.05) is 175 Å². The van der Waals surface area contributed by atoms with Crippen LogP contribution >= 0.6 is 0 Å². The minimum Gasteiger partial charge on any atom is -0.0616 e. The Bertz CT molecular complexity index is 4500. The molecule has 0 aliphatic heterocycles. The molecule has 0 atom stereocenters. The maximum absolute atomic E-state index is 2.56. The third kappa shape index (κ3) is 5.48. The second-order valence-electron chi connectivity index (χ2n) is 20.1. The fourth-order valence-corrected chi connectivity index (χ4v) is 13.0. The van der Waals surface area contributed by atoms with Crippen LogP contribution in [0.15, 0.2) is 206 Å². The highest BCUT2D eigenvalue weighted by Gasteiger charge is 2.28. The van der Waals surface area contributed by atoms with Crippen LogP contribution in [0.2, 0.25) is 0 Å². The van der Waals surface area contributed by atoms with Crippen molar-refractivity contribution in [3.05, 3.63) is 229 Å². The van der Waals surface area contributed by atoms with Crippen LogP contribution in [0.4, 0.5) is 0 Å². The fourth-order valence-electron chi connectivity index (χ4n) is 13.0. The summed E-state index contributed by atoms with van der Waals surface area (Å²) >= 11 is 0. The highest BCUT2D eigenvalue weighted by Crippen LogP contribution is 2.55. The van der Waals surface area contributed by atoms with Crippen molar-refractivity contribution in [1.29, 1.82) is 0 Å². The Kier molecular flexibility index (Phi) is 8.15. The highest BCUT2D eigenvalue weighted by atomic mass is 14.3. The first-order valence-corrected chi connectivity index (χ1v) is 24.7. The normalized spacial score (nSPS) is 12.3. The maximum Gasteiger partial charge on any atom is -0.00199 e. The third-order valence-corrected chi connectivity index (χ3v) is 16.1.